The van der Waals surface area contributed by atoms with Crippen molar-refractivity contribution in [1.29, 1.82) is 0 Å². The fourth-order valence-corrected chi connectivity index (χ4v) is 3.41. The minimum atomic E-state index is -0.317. The molecular weight excluding hydrogens is 399 g/mol. The Morgan fingerprint density at radius 3 is 2.35 bits per heavy atom. The van der Waals surface area contributed by atoms with Gasteiger partial charge in [0.15, 0.2) is 11.5 Å². The van der Waals surface area contributed by atoms with E-state index < -0.39 is 0 Å². The van der Waals surface area contributed by atoms with E-state index in [0.717, 1.165) is 5.56 Å². The third-order valence-electron chi connectivity index (χ3n) is 4.91. The molecule has 2 aromatic carbocycles. The predicted octanol–water partition coefficient (Wildman–Crippen LogP) is 4.87. The highest BCUT2D eigenvalue weighted by atomic mass is 19.1. The second kappa shape index (κ2) is 7.56. The molecule has 0 bridgehead atoms. The fourth-order valence-electron chi connectivity index (χ4n) is 3.41. The molecule has 8 heteroatoms. The van der Waals surface area contributed by atoms with Gasteiger partial charge in [-0.15, -0.1) is 10.2 Å². The quantitative estimate of drug-likeness (QED) is 0.407. The van der Waals surface area contributed by atoms with Crippen molar-refractivity contribution in [2.45, 2.75) is 0 Å². The molecule has 31 heavy (non-hydrogen) atoms. The van der Waals surface area contributed by atoms with Gasteiger partial charge in [0, 0.05) is 17.3 Å². The van der Waals surface area contributed by atoms with E-state index in [-0.39, 0.29) is 5.82 Å². The van der Waals surface area contributed by atoms with Crippen molar-refractivity contribution in [3.63, 3.8) is 0 Å². The van der Waals surface area contributed by atoms with Crippen molar-refractivity contribution < 1.29 is 18.3 Å². The number of aromatic nitrogens is 4. The molecule has 0 N–H and O–H groups in total. The Bertz CT molecular complexity index is 1380. The number of methoxy groups -OCH3 is 2. The van der Waals surface area contributed by atoms with Crippen LogP contribution in [0.15, 0.2) is 71.3 Å². The first kappa shape index (κ1) is 18.8. The molecule has 5 rings (SSSR count). The van der Waals surface area contributed by atoms with Crippen LogP contribution in [0.1, 0.15) is 0 Å². The zero-order chi connectivity index (χ0) is 21.4. The van der Waals surface area contributed by atoms with E-state index >= 15 is 0 Å². The lowest BCUT2D eigenvalue weighted by molar-refractivity contribution is 0.355. The Morgan fingerprint density at radius 1 is 0.839 bits per heavy atom. The lowest BCUT2D eigenvalue weighted by atomic mass is 10.1. The number of halogens is 1. The van der Waals surface area contributed by atoms with E-state index in [4.69, 9.17) is 18.9 Å². The summed E-state index contributed by atoms with van der Waals surface area (Å²) in [5, 5.41) is 8.48. The zero-order valence-corrected chi connectivity index (χ0v) is 16.7. The van der Waals surface area contributed by atoms with Crippen molar-refractivity contribution in [3.05, 3.63) is 72.7 Å². The first-order valence-corrected chi connectivity index (χ1v) is 9.47. The summed E-state index contributed by atoms with van der Waals surface area (Å²) in [5.74, 6) is 1.46. The monoisotopic (exact) mass is 416 g/mol. The van der Waals surface area contributed by atoms with Gasteiger partial charge in [-0.05, 0) is 54.6 Å². The number of hydrogen-bond acceptors (Lipinski definition) is 6. The molecule has 3 aromatic heterocycles. The van der Waals surface area contributed by atoms with Gasteiger partial charge in [0.25, 0.3) is 5.89 Å². The Morgan fingerprint density at radius 2 is 1.58 bits per heavy atom. The molecule has 0 spiro atoms. The highest BCUT2D eigenvalue weighted by molar-refractivity contribution is 5.78. The average molecular weight is 416 g/mol. The summed E-state index contributed by atoms with van der Waals surface area (Å²) in [6.45, 7) is 0. The van der Waals surface area contributed by atoms with Crippen molar-refractivity contribution in [2.24, 2.45) is 0 Å². The topological polar surface area (TPSA) is 74.7 Å². The molecule has 0 aliphatic heterocycles. The smallest absolute Gasteiger partial charge is 0.267 e. The number of benzene rings is 2. The van der Waals surface area contributed by atoms with Crippen LogP contribution in [0, 0.1) is 5.82 Å². The molecular formula is C23H17FN4O3. The maximum atomic E-state index is 13.5. The molecule has 154 valence electrons. The minimum Gasteiger partial charge on any atom is -0.493 e. The first-order chi connectivity index (χ1) is 15.2. The van der Waals surface area contributed by atoms with E-state index in [1.807, 2.05) is 34.9 Å². The van der Waals surface area contributed by atoms with Crippen LogP contribution in [0.25, 0.3) is 39.9 Å². The number of nitrogens with zero attached hydrogens (tertiary/aromatic N) is 4. The zero-order valence-electron chi connectivity index (χ0n) is 16.7. The van der Waals surface area contributed by atoms with Gasteiger partial charge < -0.3 is 13.9 Å². The van der Waals surface area contributed by atoms with Crippen LogP contribution in [0.3, 0.4) is 0 Å². The van der Waals surface area contributed by atoms with Crippen LogP contribution in [-0.4, -0.2) is 33.8 Å². The van der Waals surface area contributed by atoms with Crippen molar-refractivity contribution in [1.82, 2.24) is 19.6 Å². The summed E-state index contributed by atoms with van der Waals surface area (Å²) in [6.07, 6.45) is 1.87. The van der Waals surface area contributed by atoms with E-state index in [9.17, 15) is 4.39 Å². The number of pyridine rings is 1. The third kappa shape index (κ3) is 3.28. The summed E-state index contributed by atoms with van der Waals surface area (Å²) < 4.78 is 32.0. The summed E-state index contributed by atoms with van der Waals surface area (Å²) in [4.78, 5) is 4.70. The Hall–Kier alpha value is -4.20. The van der Waals surface area contributed by atoms with Crippen LogP contribution in [-0.2, 0) is 0 Å². The highest BCUT2D eigenvalue weighted by Crippen LogP contribution is 2.35. The maximum absolute atomic E-state index is 13.5. The molecule has 3 heterocycles. The molecule has 0 amide bonds. The molecule has 0 atom stereocenters. The lowest BCUT2D eigenvalue weighted by Gasteiger charge is -2.07. The van der Waals surface area contributed by atoms with Crippen LogP contribution < -0.4 is 9.47 Å². The Balaban J connectivity index is 1.65. The predicted molar refractivity (Wildman–Crippen MR) is 112 cm³/mol. The van der Waals surface area contributed by atoms with Crippen LogP contribution in [0.4, 0.5) is 4.39 Å². The van der Waals surface area contributed by atoms with Crippen LogP contribution in [0.5, 0.6) is 11.5 Å². The maximum Gasteiger partial charge on any atom is 0.267 e. The number of rotatable bonds is 5. The van der Waals surface area contributed by atoms with Crippen molar-refractivity contribution in [2.75, 3.05) is 14.2 Å². The van der Waals surface area contributed by atoms with Gasteiger partial charge >= 0.3 is 0 Å². The molecule has 0 aliphatic rings. The number of imidazole rings is 1. The van der Waals surface area contributed by atoms with E-state index in [0.29, 0.717) is 45.9 Å². The number of ether oxygens (including phenoxy) is 2. The lowest BCUT2D eigenvalue weighted by Crippen LogP contribution is -1.90. The fraction of sp³-hybridized carbons (Fsp3) is 0.0870. The SMILES string of the molecule is COc1ccc(-c2nnc(-c3c(-c4ccc(F)cc4)nc4ccccn34)o2)cc1OC. The number of fused-ring (bicyclic) bond motifs is 1. The highest BCUT2D eigenvalue weighted by Gasteiger charge is 2.22. The molecule has 5 aromatic rings. The standard InChI is InChI=1S/C23H17FN4O3/c1-29-17-11-8-15(13-18(17)30-2)22-26-27-23(31-22)21-20(14-6-9-16(24)10-7-14)25-19-5-3-4-12-28(19)21/h3-13H,1-2H3. The van der Waals surface area contributed by atoms with Gasteiger partial charge in [-0.2, -0.15) is 0 Å². The summed E-state index contributed by atoms with van der Waals surface area (Å²) in [5.41, 5.74) is 3.39. The molecule has 0 aliphatic carbocycles. The van der Waals surface area contributed by atoms with Gasteiger partial charge in [0.2, 0.25) is 5.89 Å². The molecule has 0 fully saturated rings. The summed E-state index contributed by atoms with van der Waals surface area (Å²) in [7, 11) is 3.14. The van der Waals surface area contributed by atoms with Crippen LogP contribution >= 0.6 is 0 Å². The summed E-state index contributed by atoms with van der Waals surface area (Å²) >= 11 is 0. The Labute approximate surface area is 176 Å². The van der Waals surface area contributed by atoms with Gasteiger partial charge in [-0.1, -0.05) is 6.07 Å². The molecule has 0 saturated heterocycles. The van der Waals surface area contributed by atoms with Gasteiger partial charge in [-0.3, -0.25) is 4.40 Å². The normalized spacial score (nSPS) is 11.1. The van der Waals surface area contributed by atoms with Gasteiger partial charge in [0.1, 0.15) is 22.9 Å². The second-order valence-electron chi connectivity index (χ2n) is 6.73. The van der Waals surface area contributed by atoms with Crippen molar-refractivity contribution in [3.8, 4) is 45.8 Å². The first-order valence-electron chi connectivity index (χ1n) is 9.47. The molecule has 7 nitrogen and oxygen atoms in total. The second-order valence-corrected chi connectivity index (χ2v) is 6.73. The molecule has 0 unspecified atom stereocenters. The van der Waals surface area contributed by atoms with E-state index in [1.165, 1.54) is 12.1 Å². The minimum absolute atomic E-state index is 0.294. The third-order valence-corrected chi connectivity index (χ3v) is 4.91. The number of hydrogen-bond donors (Lipinski definition) is 0. The van der Waals surface area contributed by atoms with E-state index in [1.54, 1.807) is 38.5 Å². The van der Waals surface area contributed by atoms with Crippen LogP contribution in [0.2, 0.25) is 0 Å². The summed E-state index contributed by atoms with van der Waals surface area (Å²) in [6, 6.07) is 17.1. The average Bonchev–Trinajstić information content (AvgIpc) is 3.44. The van der Waals surface area contributed by atoms with Gasteiger partial charge in [0.05, 0.1) is 14.2 Å². The Kier molecular flexibility index (Phi) is 4.59. The molecule has 0 saturated carbocycles. The van der Waals surface area contributed by atoms with Crippen molar-refractivity contribution >= 4 is 5.65 Å². The van der Waals surface area contributed by atoms with E-state index in [2.05, 4.69) is 10.2 Å². The largest absolute Gasteiger partial charge is 0.493 e. The van der Waals surface area contributed by atoms with Gasteiger partial charge in [-0.25, -0.2) is 9.37 Å². The molecule has 0 radical (unpaired) electrons.